The molecule has 25 heteroatoms. The van der Waals surface area contributed by atoms with Crippen LogP contribution in [0.1, 0.15) is 145 Å². The van der Waals surface area contributed by atoms with E-state index in [0.717, 1.165) is 72.6 Å². The van der Waals surface area contributed by atoms with Gasteiger partial charge in [-0.1, -0.05) is 124 Å². The van der Waals surface area contributed by atoms with Crippen LogP contribution in [0.15, 0.2) is 197 Å². The van der Waals surface area contributed by atoms with Crippen molar-refractivity contribution in [3.8, 4) is 17.1 Å². The summed E-state index contributed by atoms with van der Waals surface area (Å²) in [6.07, 6.45) is 0. The van der Waals surface area contributed by atoms with Gasteiger partial charge in [0.1, 0.15) is 34.9 Å². The summed E-state index contributed by atoms with van der Waals surface area (Å²) in [5.74, 6) is 3.40. The number of aryl methyl sites for hydroxylation is 3. The summed E-state index contributed by atoms with van der Waals surface area (Å²) in [5, 5.41) is 23.0. The maximum Gasteiger partial charge on any atom is 0.263 e. The molecule has 12 rings (SSSR count). The number of rotatable bonds is 12. The minimum Gasteiger partial charge on any atom is -0.384 e. The molecule has 0 aliphatic carbocycles. The highest BCUT2D eigenvalue weighted by Crippen LogP contribution is 2.33. The Bertz CT molecular complexity index is 5370. The zero-order valence-corrected chi connectivity index (χ0v) is 64.3. The Balaban J connectivity index is 0.000000181. The number of anilines is 6. The summed E-state index contributed by atoms with van der Waals surface area (Å²) in [7, 11) is -6.00. The molecule has 0 atom stereocenters. The first-order valence-electron chi connectivity index (χ1n) is 33.1. The second kappa shape index (κ2) is 30.2. The SMILES string of the molecule is C.CC(C)(C)c1ccc(S(=O)(=O)Cl)cc1.Cc1cc(N)n(-c2cccc3nc(NC(C)(C)C)ccc23)n1.Cc1cc(NS(=O)(=O)c2ccc(C(C)(C)C)cc2)n(-c2cccc3nc(N)ccc23)n1.Cc1cc(NS(=O)(=O)c2ccc(C(C)(C)C)cc2)n(-c2cccc3nc(NC(C)(C)C)ccc23)n1. The van der Waals surface area contributed by atoms with Gasteiger partial charge in [-0.05, 0) is 204 Å². The number of benzene rings is 6. The van der Waals surface area contributed by atoms with Crippen molar-refractivity contribution in [2.24, 2.45) is 0 Å². The number of hydrogen-bond acceptors (Lipinski definition) is 16. The minimum absolute atomic E-state index is 0. The lowest BCUT2D eigenvalue weighted by Crippen LogP contribution is -2.26. The molecule has 103 heavy (non-hydrogen) atoms. The van der Waals surface area contributed by atoms with Crippen molar-refractivity contribution < 1.29 is 25.3 Å². The summed E-state index contributed by atoms with van der Waals surface area (Å²) in [6.45, 7) is 36.9. The average molecular weight is 1470 g/mol. The number of pyridine rings is 3. The predicted octanol–water partition coefficient (Wildman–Crippen LogP) is 17.5. The van der Waals surface area contributed by atoms with Gasteiger partial charge < -0.3 is 22.1 Å². The summed E-state index contributed by atoms with van der Waals surface area (Å²) < 4.78 is 84.9. The lowest BCUT2D eigenvalue weighted by atomic mass is 9.87. The molecule has 544 valence electrons. The molecule has 12 aromatic rings. The van der Waals surface area contributed by atoms with Crippen molar-refractivity contribution in [3.05, 3.63) is 216 Å². The van der Waals surface area contributed by atoms with Crippen molar-refractivity contribution >= 4 is 107 Å². The molecule has 6 heterocycles. The van der Waals surface area contributed by atoms with Crippen LogP contribution < -0.4 is 31.5 Å². The van der Waals surface area contributed by atoms with Crippen molar-refractivity contribution in [3.63, 3.8) is 0 Å². The van der Waals surface area contributed by atoms with Crippen LogP contribution in [0.25, 0.3) is 49.8 Å². The zero-order chi connectivity index (χ0) is 74.9. The van der Waals surface area contributed by atoms with Crippen molar-refractivity contribution in [1.82, 2.24) is 44.3 Å². The highest BCUT2D eigenvalue weighted by molar-refractivity contribution is 8.13. The molecule has 0 amide bonds. The molecule has 0 aliphatic heterocycles. The first-order valence-corrected chi connectivity index (χ1v) is 38.4. The van der Waals surface area contributed by atoms with E-state index < -0.39 is 29.1 Å². The largest absolute Gasteiger partial charge is 0.384 e. The van der Waals surface area contributed by atoms with Crippen LogP contribution in [-0.4, -0.2) is 80.6 Å². The second-order valence-electron chi connectivity index (χ2n) is 30.2. The molecule has 0 spiro atoms. The third-order valence-electron chi connectivity index (χ3n) is 15.9. The Labute approximate surface area is 611 Å². The Kier molecular flexibility index (Phi) is 23.1. The molecule has 0 fully saturated rings. The van der Waals surface area contributed by atoms with E-state index in [1.807, 2.05) is 130 Å². The summed E-state index contributed by atoms with van der Waals surface area (Å²) in [6, 6.07) is 54.6. The van der Waals surface area contributed by atoms with E-state index in [0.29, 0.717) is 45.9 Å². The quantitative estimate of drug-likeness (QED) is 0.0620. The Morgan fingerprint density at radius 3 is 1.01 bits per heavy atom. The van der Waals surface area contributed by atoms with Gasteiger partial charge in [-0.2, -0.15) is 15.3 Å². The fourth-order valence-electron chi connectivity index (χ4n) is 10.9. The Hall–Kier alpha value is -9.88. The van der Waals surface area contributed by atoms with E-state index in [2.05, 4.69) is 150 Å². The van der Waals surface area contributed by atoms with Crippen LogP contribution >= 0.6 is 10.7 Å². The first-order chi connectivity index (χ1) is 47.3. The number of nitrogens with one attached hydrogen (secondary N) is 4. The molecule has 0 saturated carbocycles. The van der Waals surface area contributed by atoms with E-state index in [1.54, 1.807) is 68.6 Å². The van der Waals surface area contributed by atoms with Gasteiger partial charge in [-0.25, -0.2) is 54.3 Å². The van der Waals surface area contributed by atoms with Crippen LogP contribution in [0.3, 0.4) is 0 Å². The van der Waals surface area contributed by atoms with Crippen LogP contribution in [0.4, 0.5) is 34.9 Å². The number of nitrogens with two attached hydrogens (primary N) is 2. The second-order valence-corrected chi connectivity index (χ2v) is 36.1. The number of aromatic nitrogens is 9. The number of fused-ring (bicyclic) bond motifs is 3. The van der Waals surface area contributed by atoms with E-state index >= 15 is 0 Å². The normalized spacial score (nSPS) is 12.3. The van der Waals surface area contributed by atoms with Crippen LogP contribution in [0.2, 0.25) is 0 Å². The first kappa shape index (κ1) is 78.8. The number of halogens is 1. The van der Waals surface area contributed by atoms with Crippen LogP contribution in [-0.2, 0) is 45.3 Å². The monoisotopic (exact) mass is 1470 g/mol. The maximum atomic E-state index is 13.2. The maximum absolute atomic E-state index is 13.2. The lowest BCUT2D eigenvalue weighted by Gasteiger charge is -2.21. The zero-order valence-electron chi connectivity index (χ0n) is 61.1. The summed E-state index contributed by atoms with van der Waals surface area (Å²) >= 11 is 0. The molecule has 0 bridgehead atoms. The average Bonchev–Trinajstić information content (AvgIpc) is 1.71. The molecule has 0 saturated heterocycles. The Morgan fingerprint density at radius 1 is 0.379 bits per heavy atom. The molecule has 6 aromatic carbocycles. The van der Waals surface area contributed by atoms with Gasteiger partial charge in [0.2, 0.25) is 0 Å². The van der Waals surface area contributed by atoms with Gasteiger partial charge >= 0.3 is 0 Å². The van der Waals surface area contributed by atoms with Gasteiger partial charge in [0.05, 0.1) is 65.4 Å². The van der Waals surface area contributed by atoms with E-state index in [1.165, 1.54) is 12.1 Å². The van der Waals surface area contributed by atoms with Crippen LogP contribution in [0, 0.1) is 20.8 Å². The fourth-order valence-corrected chi connectivity index (χ4v) is 13.7. The summed E-state index contributed by atoms with van der Waals surface area (Å²) in [4.78, 5) is 14.3. The van der Waals surface area contributed by atoms with Crippen molar-refractivity contribution in [2.75, 3.05) is 31.5 Å². The van der Waals surface area contributed by atoms with E-state index in [4.69, 9.17) is 32.1 Å². The van der Waals surface area contributed by atoms with Gasteiger partial charge in [0, 0.05) is 56.1 Å². The summed E-state index contributed by atoms with van der Waals surface area (Å²) in [5.41, 5.74) is 21.9. The molecular weight excluding hydrogens is 1370 g/mol. The highest BCUT2D eigenvalue weighted by atomic mass is 35.7. The molecule has 6 aromatic heterocycles. The fraction of sp³-hybridized carbons (Fsp3) is 0.308. The molecule has 8 N–H and O–H groups in total. The molecular formula is C78H96ClN15O6S3. The van der Waals surface area contributed by atoms with E-state index in [9.17, 15) is 25.3 Å². The standard InChI is InChI=1S/C27H33N5O2S.C23H25N5O2S.C17H21N5.C10H13ClO2S.CH4/c1-18-17-25(31-35(33,34)20-13-11-19(12-14-20)26(2,3)4)32(30-18)23-10-8-9-22-21(23)15-16-24(28-22)29-27(5,6)7;1-15-14-22(27-31(29,30)17-10-8-16(9-11-17)23(2,3)4)28(26-15)20-7-5-6-19-18(20)12-13-21(24)25-19;1-11-10-15(18)22(21-11)14-7-5-6-13-12(14)8-9-16(19-13)20-17(2,3)4;1-10(2,3)8-4-6-9(7-5-8)14(11,12)13;/h8-17,31H,1-7H3,(H,28,29);5-14,27H,1-4H3,(H2,24,25);5-10H,18H2,1-4H3,(H,19,20);4-7H,1-3H3;1H4. The molecule has 0 aliphatic rings. The minimum atomic E-state index is -3.81. The topological polar surface area (TPSA) is 295 Å². The van der Waals surface area contributed by atoms with Crippen LogP contribution in [0.5, 0.6) is 0 Å². The molecule has 0 unspecified atom stereocenters. The lowest BCUT2D eigenvalue weighted by molar-refractivity contribution is 0.587. The van der Waals surface area contributed by atoms with Gasteiger partial charge in [-0.15, -0.1) is 0 Å². The molecule has 0 radical (unpaired) electrons. The van der Waals surface area contributed by atoms with Gasteiger partial charge in [-0.3, -0.25) is 9.44 Å². The number of nitrogen functional groups attached to an aromatic ring is 2. The third-order valence-corrected chi connectivity index (χ3v) is 20.0. The van der Waals surface area contributed by atoms with Gasteiger partial charge in [0.15, 0.2) is 0 Å². The number of nitrogens with zero attached hydrogens (tertiary/aromatic N) is 9. The number of sulfonamides is 2. The third kappa shape index (κ3) is 20.1. The van der Waals surface area contributed by atoms with Gasteiger partial charge in [0.25, 0.3) is 29.1 Å². The molecule has 21 nitrogen and oxygen atoms in total. The van der Waals surface area contributed by atoms with Crippen molar-refractivity contribution in [2.45, 2.75) is 174 Å². The smallest absolute Gasteiger partial charge is 0.263 e. The van der Waals surface area contributed by atoms with E-state index in [-0.39, 0.29) is 49.4 Å². The van der Waals surface area contributed by atoms with Crippen molar-refractivity contribution in [1.29, 1.82) is 0 Å². The predicted molar refractivity (Wildman–Crippen MR) is 423 cm³/mol. The Morgan fingerprint density at radius 2 is 0.689 bits per heavy atom. The number of hydrogen-bond donors (Lipinski definition) is 6. The highest BCUT2D eigenvalue weighted by Gasteiger charge is 2.25.